The zero-order valence-corrected chi connectivity index (χ0v) is 19.0. The van der Waals surface area contributed by atoms with Crippen LogP contribution in [0.1, 0.15) is 42.7 Å². The van der Waals surface area contributed by atoms with Gasteiger partial charge in [0.2, 0.25) is 0 Å². The molecule has 0 atom stereocenters. The summed E-state index contributed by atoms with van der Waals surface area (Å²) in [5.41, 5.74) is 4.49. The third-order valence-electron chi connectivity index (χ3n) is 3.98. The smallest absolute Gasteiger partial charge is 0.191 e. The molecule has 0 saturated carbocycles. The molecule has 0 unspecified atom stereocenters. The zero-order chi connectivity index (χ0) is 18.8. The summed E-state index contributed by atoms with van der Waals surface area (Å²) in [6.45, 7) is 11.1. The normalized spacial score (nSPS) is 10.9. The van der Waals surface area contributed by atoms with Crippen LogP contribution in [0.15, 0.2) is 41.5 Å². The van der Waals surface area contributed by atoms with Crippen molar-refractivity contribution in [3.63, 3.8) is 0 Å². The van der Waals surface area contributed by atoms with Gasteiger partial charge in [-0.2, -0.15) is 0 Å². The number of aryl methyl sites for hydroxylation is 2. The predicted octanol–water partition coefficient (Wildman–Crippen LogP) is 4.36. The van der Waals surface area contributed by atoms with Crippen molar-refractivity contribution >= 4 is 29.9 Å². The maximum Gasteiger partial charge on any atom is 0.191 e. The average molecular weight is 482 g/mol. The molecule has 0 saturated heterocycles. The molecule has 2 aromatic rings. The average Bonchev–Trinajstić information content (AvgIpc) is 2.64. The Morgan fingerprint density at radius 2 is 1.96 bits per heavy atom. The molecule has 1 aromatic heterocycles. The third-order valence-corrected chi connectivity index (χ3v) is 3.98. The first kappa shape index (κ1) is 23.2. The van der Waals surface area contributed by atoms with Crippen molar-refractivity contribution in [1.82, 2.24) is 15.6 Å². The molecule has 0 fully saturated rings. The Bertz CT molecular complexity index is 734. The van der Waals surface area contributed by atoms with Gasteiger partial charge in [0.15, 0.2) is 5.96 Å². The van der Waals surface area contributed by atoms with Gasteiger partial charge in [-0.3, -0.25) is 4.98 Å². The van der Waals surface area contributed by atoms with Crippen LogP contribution in [0.5, 0.6) is 5.75 Å². The van der Waals surface area contributed by atoms with E-state index in [1.54, 1.807) is 0 Å². The number of nitrogens with zero attached hydrogens (tertiary/aromatic N) is 2. The zero-order valence-electron chi connectivity index (χ0n) is 16.7. The summed E-state index contributed by atoms with van der Waals surface area (Å²) in [6, 6.07) is 10.3. The first-order valence-electron chi connectivity index (χ1n) is 9.29. The van der Waals surface area contributed by atoms with Crippen molar-refractivity contribution in [3.8, 4) is 5.75 Å². The summed E-state index contributed by atoms with van der Waals surface area (Å²) in [5.74, 6) is 1.70. The van der Waals surface area contributed by atoms with E-state index >= 15 is 0 Å². The molecule has 0 aliphatic carbocycles. The Hall–Kier alpha value is -1.83. The van der Waals surface area contributed by atoms with Crippen LogP contribution >= 0.6 is 24.0 Å². The van der Waals surface area contributed by atoms with Gasteiger partial charge in [0, 0.05) is 18.3 Å². The topological polar surface area (TPSA) is 58.5 Å². The summed E-state index contributed by atoms with van der Waals surface area (Å²) in [6.07, 6.45) is 2.81. The highest BCUT2D eigenvalue weighted by Crippen LogP contribution is 2.21. The second-order valence-corrected chi connectivity index (χ2v) is 6.28. The lowest BCUT2D eigenvalue weighted by atomic mass is 10.1. The molecule has 27 heavy (non-hydrogen) atoms. The molecule has 6 heteroatoms. The Morgan fingerprint density at radius 3 is 2.67 bits per heavy atom. The molecule has 2 rings (SSSR count). The molecule has 1 heterocycles. The molecule has 2 N–H and O–H groups in total. The molecule has 0 aliphatic rings. The number of hydrogen-bond acceptors (Lipinski definition) is 3. The quantitative estimate of drug-likeness (QED) is 0.334. The molecular formula is C21H31IN4O. The predicted molar refractivity (Wildman–Crippen MR) is 123 cm³/mol. The SMILES string of the molecule is CCCOc1cc(C)ccc1CN=C(NCC)NCc1ncccc1C.I. The summed E-state index contributed by atoms with van der Waals surface area (Å²) in [5, 5.41) is 6.64. The molecule has 0 amide bonds. The fourth-order valence-electron chi connectivity index (χ4n) is 2.52. The van der Waals surface area contributed by atoms with Gasteiger partial charge in [0.25, 0.3) is 0 Å². The van der Waals surface area contributed by atoms with Crippen LogP contribution in [0, 0.1) is 13.8 Å². The number of aromatic nitrogens is 1. The van der Waals surface area contributed by atoms with Gasteiger partial charge in [0.1, 0.15) is 5.75 Å². The molecule has 0 spiro atoms. The van der Waals surface area contributed by atoms with Crippen molar-refractivity contribution in [1.29, 1.82) is 0 Å². The lowest BCUT2D eigenvalue weighted by molar-refractivity contribution is 0.314. The van der Waals surface area contributed by atoms with Crippen molar-refractivity contribution in [3.05, 3.63) is 58.9 Å². The van der Waals surface area contributed by atoms with Crippen molar-refractivity contribution in [2.24, 2.45) is 4.99 Å². The van der Waals surface area contributed by atoms with Gasteiger partial charge in [0.05, 0.1) is 25.4 Å². The van der Waals surface area contributed by atoms with E-state index in [-0.39, 0.29) is 24.0 Å². The van der Waals surface area contributed by atoms with Gasteiger partial charge in [-0.15, -0.1) is 24.0 Å². The Morgan fingerprint density at radius 1 is 1.15 bits per heavy atom. The number of rotatable bonds is 8. The standard InChI is InChI=1S/C21H30N4O.HI/c1-5-12-26-20-13-16(3)9-10-18(20)14-24-21(22-6-2)25-15-19-17(4)8-7-11-23-19;/h7-11,13H,5-6,12,14-15H2,1-4H3,(H2,22,24,25);1H. The molecule has 0 aliphatic heterocycles. The number of benzene rings is 1. The second kappa shape index (κ2) is 12.5. The number of halogens is 1. The number of nitrogens with one attached hydrogen (secondary N) is 2. The Balaban J connectivity index is 0.00000364. The van der Waals surface area contributed by atoms with Gasteiger partial charge in [-0.1, -0.05) is 25.1 Å². The van der Waals surface area contributed by atoms with Crippen molar-refractivity contribution < 1.29 is 4.74 Å². The fraction of sp³-hybridized carbons (Fsp3) is 0.429. The summed E-state index contributed by atoms with van der Waals surface area (Å²) in [7, 11) is 0. The first-order valence-corrected chi connectivity index (χ1v) is 9.29. The minimum atomic E-state index is 0. The number of aliphatic imine (C=N–C) groups is 1. The molecular weight excluding hydrogens is 451 g/mol. The van der Waals surface area contributed by atoms with Crippen LogP contribution in [-0.4, -0.2) is 24.1 Å². The van der Waals surface area contributed by atoms with Gasteiger partial charge in [-0.05, 0) is 50.5 Å². The summed E-state index contributed by atoms with van der Waals surface area (Å²) in [4.78, 5) is 9.13. The number of pyridine rings is 1. The van der Waals surface area contributed by atoms with E-state index < -0.39 is 0 Å². The van der Waals surface area contributed by atoms with Gasteiger partial charge < -0.3 is 15.4 Å². The van der Waals surface area contributed by atoms with Crippen LogP contribution in [0.25, 0.3) is 0 Å². The Labute approximate surface area is 180 Å². The van der Waals surface area contributed by atoms with Crippen LogP contribution in [0.4, 0.5) is 0 Å². The minimum absolute atomic E-state index is 0. The van der Waals surface area contributed by atoms with E-state index in [2.05, 4.69) is 67.6 Å². The van der Waals surface area contributed by atoms with Gasteiger partial charge in [-0.25, -0.2) is 4.99 Å². The highest BCUT2D eigenvalue weighted by molar-refractivity contribution is 14.0. The Kier molecular flexibility index (Phi) is 10.8. The maximum absolute atomic E-state index is 5.88. The summed E-state index contributed by atoms with van der Waals surface area (Å²) < 4.78 is 5.88. The van der Waals surface area contributed by atoms with E-state index in [0.717, 1.165) is 42.5 Å². The lowest BCUT2D eigenvalue weighted by Crippen LogP contribution is -2.37. The molecule has 148 valence electrons. The number of ether oxygens (including phenoxy) is 1. The maximum atomic E-state index is 5.88. The van der Waals surface area contributed by atoms with Gasteiger partial charge >= 0.3 is 0 Å². The number of hydrogen-bond donors (Lipinski definition) is 2. The highest BCUT2D eigenvalue weighted by atomic mass is 127. The van der Waals surface area contributed by atoms with E-state index in [1.807, 2.05) is 12.3 Å². The first-order chi connectivity index (χ1) is 12.6. The minimum Gasteiger partial charge on any atom is -0.493 e. The molecule has 1 aromatic carbocycles. The van der Waals surface area contributed by atoms with E-state index in [9.17, 15) is 0 Å². The van der Waals surface area contributed by atoms with Crippen molar-refractivity contribution in [2.45, 2.75) is 47.2 Å². The molecule has 5 nitrogen and oxygen atoms in total. The largest absolute Gasteiger partial charge is 0.493 e. The summed E-state index contributed by atoms with van der Waals surface area (Å²) >= 11 is 0. The third kappa shape index (κ3) is 7.74. The highest BCUT2D eigenvalue weighted by Gasteiger charge is 2.06. The molecule has 0 radical (unpaired) electrons. The van der Waals surface area contributed by atoms with Crippen LogP contribution in [-0.2, 0) is 13.1 Å². The van der Waals surface area contributed by atoms with E-state index in [1.165, 1.54) is 11.1 Å². The van der Waals surface area contributed by atoms with E-state index in [4.69, 9.17) is 9.73 Å². The number of guanidine groups is 1. The second-order valence-electron chi connectivity index (χ2n) is 6.28. The van der Waals surface area contributed by atoms with Crippen LogP contribution in [0.3, 0.4) is 0 Å². The fourth-order valence-corrected chi connectivity index (χ4v) is 2.52. The van der Waals surface area contributed by atoms with Crippen molar-refractivity contribution in [2.75, 3.05) is 13.2 Å². The molecule has 0 bridgehead atoms. The lowest BCUT2D eigenvalue weighted by Gasteiger charge is -2.14. The monoisotopic (exact) mass is 482 g/mol. The van der Waals surface area contributed by atoms with E-state index in [0.29, 0.717) is 13.1 Å². The van der Waals surface area contributed by atoms with Crippen LogP contribution < -0.4 is 15.4 Å². The van der Waals surface area contributed by atoms with Crippen LogP contribution in [0.2, 0.25) is 0 Å².